The largest absolute Gasteiger partial charge is 0.494 e. The van der Waals surface area contributed by atoms with Gasteiger partial charge < -0.3 is 9.30 Å². The Kier molecular flexibility index (Phi) is 5.30. The molecule has 0 aliphatic carbocycles. The zero-order valence-electron chi connectivity index (χ0n) is 16.3. The Morgan fingerprint density at radius 2 is 1.74 bits per heavy atom. The number of hydrogen-bond acceptors (Lipinski definition) is 2. The highest BCUT2D eigenvalue weighted by Gasteiger charge is 2.27. The lowest BCUT2D eigenvalue weighted by atomic mass is 10.00. The van der Waals surface area contributed by atoms with Gasteiger partial charge in [0.05, 0.1) is 12.6 Å². The summed E-state index contributed by atoms with van der Waals surface area (Å²) in [5.74, 6) is 0.945. The predicted molar refractivity (Wildman–Crippen MR) is 110 cm³/mol. The summed E-state index contributed by atoms with van der Waals surface area (Å²) < 4.78 is 8.01. The third-order valence-electron chi connectivity index (χ3n) is 5.37. The van der Waals surface area contributed by atoms with Crippen LogP contribution in [0, 0.1) is 6.92 Å². The molecule has 2 aromatic carbocycles. The molecule has 3 aromatic rings. The molecule has 1 aromatic heterocycles. The Morgan fingerprint density at radius 1 is 0.963 bits per heavy atom. The Hall–Kier alpha value is -2.52. The molecule has 0 saturated carbocycles. The van der Waals surface area contributed by atoms with Gasteiger partial charge in [-0.1, -0.05) is 42.0 Å². The van der Waals surface area contributed by atoms with Gasteiger partial charge in [-0.05, 0) is 55.7 Å². The zero-order chi connectivity index (χ0) is 18.6. The molecule has 2 heterocycles. The SMILES string of the molecule is CCOc1ccc(CN2CCCn3cccc3[C@@H]2c2ccc(C)cc2)cc1. The minimum Gasteiger partial charge on any atom is -0.494 e. The van der Waals surface area contributed by atoms with Crippen molar-refractivity contribution < 1.29 is 4.74 Å². The fourth-order valence-electron chi connectivity index (χ4n) is 4.03. The number of benzene rings is 2. The van der Waals surface area contributed by atoms with Crippen molar-refractivity contribution in [1.29, 1.82) is 0 Å². The van der Waals surface area contributed by atoms with Crippen LogP contribution in [0.5, 0.6) is 5.75 Å². The van der Waals surface area contributed by atoms with E-state index in [1.165, 1.54) is 28.8 Å². The molecule has 0 unspecified atom stereocenters. The van der Waals surface area contributed by atoms with Crippen molar-refractivity contribution in [2.24, 2.45) is 0 Å². The number of aryl methyl sites for hydroxylation is 2. The summed E-state index contributed by atoms with van der Waals surface area (Å²) in [5, 5.41) is 0. The van der Waals surface area contributed by atoms with E-state index in [4.69, 9.17) is 4.74 Å². The zero-order valence-corrected chi connectivity index (χ0v) is 16.3. The fraction of sp³-hybridized carbons (Fsp3) is 0.333. The number of aromatic nitrogens is 1. The maximum absolute atomic E-state index is 5.59. The van der Waals surface area contributed by atoms with E-state index in [0.29, 0.717) is 6.61 Å². The fourth-order valence-corrected chi connectivity index (χ4v) is 4.03. The lowest BCUT2D eigenvalue weighted by Gasteiger charge is -2.31. The summed E-state index contributed by atoms with van der Waals surface area (Å²) in [6.07, 6.45) is 3.39. The molecule has 1 atom stereocenters. The molecule has 3 nitrogen and oxygen atoms in total. The normalized spacial score (nSPS) is 17.3. The minimum atomic E-state index is 0.287. The lowest BCUT2D eigenvalue weighted by Crippen LogP contribution is -2.29. The molecular formula is C24H28N2O. The van der Waals surface area contributed by atoms with E-state index in [9.17, 15) is 0 Å². The quantitative estimate of drug-likeness (QED) is 0.623. The number of fused-ring (bicyclic) bond motifs is 1. The smallest absolute Gasteiger partial charge is 0.119 e. The van der Waals surface area contributed by atoms with Crippen LogP contribution in [-0.2, 0) is 13.1 Å². The van der Waals surface area contributed by atoms with Crippen LogP contribution in [0.2, 0.25) is 0 Å². The van der Waals surface area contributed by atoms with E-state index in [-0.39, 0.29) is 6.04 Å². The highest BCUT2D eigenvalue weighted by molar-refractivity contribution is 5.33. The molecule has 0 saturated heterocycles. The molecule has 0 bridgehead atoms. The maximum atomic E-state index is 5.59. The molecule has 1 aliphatic rings. The first kappa shape index (κ1) is 17.9. The third kappa shape index (κ3) is 3.93. The number of nitrogens with zero attached hydrogens (tertiary/aromatic N) is 2. The van der Waals surface area contributed by atoms with Gasteiger partial charge in [0.2, 0.25) is 0 Å². The van der Waals surface area contributed by atoms with Crippen LogP contribution in [0.1, 0.15) is 41.8 Å². The van der Waals surface area contributed by atoms with E-state index >= 15 is 0 Å². The van der Waals surface area contributed by atoms with Crippen molar-refractivity contribution in [3.63, 3.8) is 0 Å². The van der Waals surface area contributed by atoms with Crippen LogP contribution < -0.4 is 4.74 Å². The van der Waals surface area contributed by atoms with Crippen molar-refractivity contribution in [3.05, 3.63) is 89.2 Å². The van der Waals surface area contributed by atoms with E-state index in [1.807, 2.05) is 6.92 Å². The standard InChI is InChI=1S/C24H28N2O/c1-3-27-22-13-9-20(10-14-22)18-26-17-5-16-25-15-4-6-23(25)24(26)21-11-7-19(2)8-12-21/h4,6-15,24H,3,5,16-18H2,1-2H3/t24-/m0/s1. The summed E-state index contributed by atoms with van der Waals surface area (Å²) in [5.41, 5.74) is 5.40. The van der Waals surface area contributed by atoms with Gasteiger partial charge in [0.1, 0.15) is 5.75 Å². The van der Waals surface area contributed by atoms with Gasteiger partial charge in [0.15, 0.2) is 0 Å². The summed E-state index contributed by atoms with van der Waals surface area (Å²) >= 11 is 0. The van der Waals surface area contributed by atoms with E-state index in [0.717, 1.165) is 25.4 Å². The highest BCUT2D eigenvalue weighted by atomic mass is 16.5. The topological polar surface area (TPSA) is 17.4 Å². The molecule has 0 radical (unpaired) electrons. The monoisotopic (exact) mass is 360 g/mol. The molecule has 140 valence electrons. The van der Waals surface area contributed by atoms with E-state index in [1.54, 1.807) is 0 Å². The van der Waals surface area contributed by atoms with Crippen molar-refractivity contribution in [1.82, 2.24) is 9.47 Å². The summed E-state index contributed by atoms with van der Waals surface area (Å²) in [4.78, 5) is 2.61. The number of hydrogen-bond donors (Lipinski definition) is 0. The van der Waals surface area contributed by atoms with Gasteiger partial charge >= 0.3 is 0 Å². The molecule has 4 rings (SSSR count). The molecule has 0 amide bonds. The molecule has 1 aliphatic heterocycles. The van der Waals surface area contributed by atoms with Gasteiger partial charge in [0.25, 0.3) is 0 Å². The average molecular weight is 361 g/mol. The lowest BCUT2D eigenvalue weighted by molar-refractivity contribution is 0.220. The summed E-state index contributed by atoms with van der Waals surface area (Å²) in [6.45, 7) is 8.00. The van der Waals surface area contributed by atoms with E-state index in [2.05, 4.69) is 83.3 Å². The maximum Gasteiger partial charge on any atom is 0.119 e. The van der Waals surface area contributed by atoms with Gasteiger partial charge in [-0.25, -0.2) is 0 Å². The summed E-state index contributed by atoms with van der Waals surface area (Å²) in [7, 11) is 0. The van der Waals surface area contributed by atoms with E-state index < -0.39 is 0 Å². The molecule has 27 heavy (non-hydrogen) atoms. The van der Waals surface area contributed by atoms with Gasteiger partial charge in [-0.2, -0.15) is 0 Å². The molecule has 0 N–H and O–H groups in total. The second kappa shape index (κ2) is 8.01. The predicted octanol–water partition coefficient (Wildman–Crippen LogP) is 5.19. The molecule has 0 fully saturated rings. The van der Waals surface area contributed by atoms with Crippen LogP contribution in [-0.4, -0.2) is 22.6 Å². The van der Waals surface area contributed by atoms with Crippen LogP contribution in [0.15, 0.2) is 66.9 Å². The van der Waals surface area contributed by atoms with Crippen LogP contribution in [0.4, 0.5) is 0 Å². The second-order valence-electron chi connectivity index (χ2n) is 7.34. The van der Waals surface area contributed by atoms with Gasteiger partial charge in [-0.15, -0.1) is 0 Å². The van der Waals surface area contributed by atoms with Crippen molar-refractivity contribution in [3.8, 4) is 5.75 Å². The number of ether oxygens (including phenoxy) is 1. The second-order valence-corrected chi connectivity index (χ2v) is 7.34. The van der Waals surface area contributed by atoms with Gasteiger partial charge in [0, 0.05) is 31.5 Å². The Balaban J connectivity index is 1.65. The summed E-state index contributed by atoms with van der Waals surface area (Å²) in [6, 6.07) is 22.3. The first-order chi connectivity index (χ1) is 13.2. The average Bonchev–Trinajstić information content (AvgIpc) is 3.06. The Bertz CT molecular complexity index is 864. The third-order valence-corrected chi connectivity index (χ3v) is 5.37. The number of rotatable bonds is 5. The molecule has 3 heteroatoms. The Morgan fingerprint density at radius 3 is 2.48 bits per heavy atom. The highest BCUT2D eigenvalue weighted by Crippen LogP contribution is 2.33. The minimum absolute atomic E-state index is 0.287. The van der Waals surface area contributed by atoms with Crippen molar-refractivity contribution in [2.75, 3.05) is 13.2 Å². The van der Waals surface area contributed by atoms with Gasteiger partial charge in [-0.3, -0.25) is 4.90 Å². The first-order valence-electron chi connectivity index (χ1n) is 9.92. The molecular weight excluding hydrogens is 332 g/mol. The van der Waals surface area contributed by atoms with Crippen LogP contribution >= 0.6 is 0 Å². The van der Waals surface area contributed by atoms with Crippen molar-refractivity contribution >= 4 is 0 Å². The molecule has 0 spiro atoms. The van der Waals surface area contributed by atoms with Crippen LogP contribution in [0.3, 0.4) is 0 Å². The van der Waals surface area contributed by atoms with Crippen molar-refractivity contribution in [2.45, 2.75) is 39.4 Å². The Labute approximate surface area is 162 Å². The first-order valence-corrected chi connectivity index (χ1v) is 9.92. The van der Waals surface area contributed by atoms with Crippen LogP contribution in [0.25, 0.3) is 0 Å².